The minimum Gasteiger partial charge on any atom is -0.480 e. The third-order valence-corrected chi connectivity index (χ3v) is 4.81. The van der Waals surface area contributed by atoms with E-state index in [1.54, 1.807) is 11.3 Å². The van der Waals surface area contributed by atoms with E-state index in [4.69, 9.17) is 5.11 Å². The highest BCUT2D eigenvalue weighted by Gasteiger charge is 2.19. The SMILES string of the molecule is CC(C)CN(CC(=O)O)C(=O)Cc1csc(-c2cccs2)n1. The first-order valence-corrected chi connectivity index (χ1v) is 8.69. The normalized spacial score (nSPS) is 10.9. The molecule has 0 spiro atoms. The number of carboxylic acids is 1. The number of carbonyl (C=O) groups excluding carboxylic acids is 1. The van der Waals surface area contributed by atoms with E-state index in [-0.39, 0.29) is 24.8 Å². The van der Waals surface area contributed by atoms with Gasteiger partial charge in [-0.05, 0) is 17.4 Å². The molecule has 22 heavy (non-hydrogen) atoms. The molecule has 2 rings (SSSR count). The summed E-state index contributed by atoms with van der Waals surface area (Å²) in [6.45, 7) is 4.09. The zero-order valence-corrected chi connectivity index (χ0v) is 14.1. The molecule has 0 aliphatic heterocycles. The lowest BCUT2D eigenvalue weighted by Crippen LogP contribution is -2.39. The predicted octanol–water partition coefficient (Wildman–Crippen LogP) is 2.98. The van der Waals surface area contributed by atoms with Gasteiger partial charge < -0.3 is 10.0 Å². The summed E-state index contributed by atoms with van der Waals surface area (Å²) >= 11 is 3.11. The van der Waals surface area contributed by atoms with Crippen molar-refractivity contribution in [3.05, 3.63) is 28.6 Å². The van der Waals surface area contributed by atoms with Gasteiger partial charge >= 0.3 is 5.97 Å². The molecule has 2 heterocycles. The number of amides is 1. The first-order valence-electron chi connectivity index (χ1n) is 6.93. The average molecular weight is 338 g/mol. The lowest BCUT2D eigenvalue weighted by atomic mass is 10.2. The van der Waals surface area contributed by atoms with Crippen molar-refractivity contribution in [2.75, 3.05) is 13.1 Å². The maximum absolute atomic E-state index is 12.3. The predicted molar refractivity (Wildman–Crippen MR) is 88.2 cm³/mol. The van der Waals surface area contributed by atoms with Gasteiger partial charge in [0.05, 0.1) is 17.0 Å². The molecule has 2 aromatic rings. The summed E-state index contributed by atoms with van der Waals surface area (Å²) in [5, 5.41) is 13.7. The van der Waals surface area contributed by atoms with Gasteiger partial charge in [0.2, 0.25) is 5.91 Å². The van der Waals surface area contributed by atoms with E-state index >= 15 is 0 Å². The summed E-state index contributed by atoms with van der Waals surface area (Å²) in [6.07, 6.45) is 0.141. The fraction of sp³-hybridized carbons (Fsp3) is 0.400. The van der Waals surface area contributed by atoms with E-state index in [9.17, 15) is 9.59 Å². The van der Waals surface area contributed by atoms with E-state index in [0.29, 0.717) is 12.2 Å². The molecule has 0 unspecified atom stereocenters. The Morgan fingerprint density at radius 1 is 1.36 bits per heavy atom. The van der Waals surface area contributed by atoms with Gasteiger partial charge in [-0.3, -0.25) is 9.59 Å². The zero-order chi connectivity index (χ0) is 16.1. The van der Waals surface area contributed by atoms with Crippen LogP contribution in [-0.4, -0.2) is 40.0 Å². The van der Waals surface area contributed by atoms with E-state index < -0.39 is 5.97 Å². The molecular formula is C15H18N2O3S2. The first-order chi connectivity index (χ1) is 10.5. The van der Waals surface area contributed by atoms with E-state index in [1.807, 2.05) is 36.7 Å². The van der Waals surface area contributed by atoms with Crippen LogP contribution in [0.5, 0.6) is 0 Å². The minimum absolute atomic E-state index is 0.141. The van der Waals surface area contributed by atoms with Crippen LogP contribution in [0.15, 0.2) is 22.9 Å². The number of rotatable bonds is 7. The third kappa shape index (κ3) is 4.64. The van der Waals surface area contributed by atoms with E-state index in [0.717, 1.165) is 9.88 Å². The molecule has 0 saturated heterocycles. The third-order valence-electron chi connectivity index (χ3n) is 2.88. The van der Waals surface area contributed by atoms with Gasteiger partial charge in [0.1, 0.15) is 11.6 Å². The Labute approximate surface area is 137 Å². The number of hydrogen-bond donors (Lipinski definition) is 1. The fourth-order valence-electron chi connectivity index (χ4n) is 2.03. The molecule has 1 amide bonds. The molecule has 0 radical (unpaired) electrons. The van der Waals surface area contributed by atoms with Crippen LogP contribution in [0.4, 0.5) is 0 Å². The summed E-state index contributed by atoms with van der Waals surface area (Å²) in [5.74, 6) is -0.967. The highest BCUT2D eigenvalue weighted by Crippen LogP contribution is 2.28. The van der Waals surface area contributed by atoms with Crippen molar-refractivity contribution < 1.29 is 14.7 Å². The molecule has 0 bridgehead atoms. The van der Waals surface area contributed by atoms with Crippen LogP contribution in [0.2, 0.25) is 0 Å². The van der Waals surface area contributed by atoms with Gasteiger partial charge in [0.25, 0.3) is 0 Å². The van der Waals surface area contributed by atoms with E-state index in [1.165, 1.54) is 16.2 Å². The number of carbonyl (C=O) groups is 2. The lowest BCUT2D eigenvalue weighted by Gasteiger charge is -2.22. The summed E-state index contributed by atoms with van der Waals surface area (Å²) < 4.78 is 0. The van der Waals surface area contributed by atoms with Gasteiger partial charge in [-0.2, -0.15) is 0 Å². The number of thiazole rings is 1. The molecule has 2 aromatic heterocycles. The first kappa shape index (κ1) is 16.6. The van der Waals surface area contributed by atoms with Crippen LogP contribution in [0, 0.1) is 5.92 Å². The molecule has 1 N–H and O–H groups in total. The van der Waals surface area contributed by atoms with Crippen molar-refractivity contribution in [1.29, 1.82) is 0 Å². The van der Waals surface area contributed by atoms with Crippen molar-refractivity contribution >= 4 is 34.6 Å². The Bertz CT molecular complexity index is 635. The highest BCUT2D eigenvalue weighted by atomic mass is 32.1. The Morgan fingerprint density at radius 3 is 2.73 bits per heavy atom. The number of hydrogen-bond acceptors (Lipinski definition) is 5. The zero-order valence-electron chi connectivity index (χ0n) is 12.5. The van der Waals surface area contributed by atoms with Crippen molar-refractivity contribution in [2.24, 2.45) is 5.92 Å². The quantitative estimate of drug-likeness (QED) is 0.842. The van der Waals surface area contributed by atoms with Gasteiger partial charge in [-0.25, -0.2) is 4.98 Å². The van der Waals surface area contributed by atoms with E-state index in [2.05, 4.69) is 4.98 Å². The molecule has 5 nitrogen and oxygen atoms in total. The standard InChI is InChI=1S/C15H18N2O3S2/c1-10(2)7-17(8-14(19)20)13(18)6-11-9-22-15(16-11)12-4-3-5-21-12/h3-5,9-10H,6-8H2,1-2H3,(H,19,20). The molecule has 0 aliphatic carbocycles. The van der Waals surface area contributed by atoms with Crippen molar-refractivity contribution in [3.8, 4) is 9.88 Å². The number of thiophene rings is 1. The second kappa shape index (κ2) is 7.51. The van der Waals surface area contributed by atoms with Gasteiger partial charge in [0.15, 0.2) is 0 Å². The maximum atomic E-state index is 12.3. The van der Waals surface area contributed by atoms with Crippen LogP contribution in [0.3, 0.4) is 0 Å². The summed E-state index contributed by atoms with van der Waals surface area (Å²) in [4.78, 5) is 30.1. The van der Waals surface area contributed by atoms with Gasteiger partial charge in [0, 0.05) is 11.9 Å². The molecule has 0 aromatic carbocycles. The number of carboxylic acid groups (broad SMARTS) is 1. The summed E-state index contributed by atoms with van der Waals surface area (Å²) in [5.41, 5.74) is 0.692. The Morgan fingerprint density at radius 2 is 2.14 bits per heavy atom. The summed E-state index contributed by atoms with van der Waals surface area (Å²) in [7, 11) is 0. The molecule has 0 fully saturated rings. The Kier molecular flexibility index (Phi) is 5.68. The van der Waals surface area contributed by atoms with Crippen LogP contribution < -0.4 is 0 Å². The average Bonchev–Trinajstić information content (AvgIpc) is 3.06. The number of aromatic nitrogens is 1. The van der Waals surface area contributed by atoms with Crippen molar-refractivity contribution in [2.45, 2.75) is 20.3 Å². The molecule has 0 aliphatic rings. The fourth-order valence-corrected chi connectivity index (χ4v) is 3.66. The van der Waals surface area contributed by atoms with Crippen LogP contribution >= 0.6 is 22.7 Å². The largest absolute Gasteiger partial charge is 0.480 e. The summed E-state index contributed by atoms with van der Waals surface area (Å²) in [6, 6.07) is 3.95. The number of nitrogens with zero attached hydrogens (tertiary/aromatic N) is 2. The monoisotopic (exact) mass is 338 g/mol. The molecule has 0 atom stereocenters. The molecule has 0 saturated carbocycles. The van der Waals surface area contributed by atoms with Crippen molar-refractivity contribution in [3.63, 3.8) is 0 Å². The second-order valence-corrected chi connectivity index (χ2v) is 7.17. The molecule has 7 heteroatoms. The smallest absolute Gasteiger partial charge is 0.323 e. The van der Waals surface area contributed by atoms with Crippen LogP contribution in [0.25, 0.3) is 9.88 Å². The topological polar surface area (TPSA) is 70.5 Å². The second-order valence-electron chi connectivity index (χ2n) is 5.36. The Balaban J connectivity index is 2.04. The minimum atomic E-state index is -0.994. The van der Waals surface area contributed by atoms with Crippen LogP contribution in [0.1, 0.15) is 19.5 Å². The van der Waals surface area contributed by atoms with Gasteiger partial charge in [-0.1, -0.05) is 19.9 Å². The molecule has 118 valence electrons. The maximum Gasteiger partial charge on any atom is 0.323 e. The van der Waals surface area contributed by atoms with Crippen molar-refractivity contribution in [1.82, 2.24) is 9.88 Å². The van der Waals surface area contributed by atoms with Gasteiger partial charge in [-0.15, -0.1) is 22.7 Å². The van der Waals surface area contributed by atoms with Crippen LogP contribution in [-0.2, 0) is 16.0 Å². The highest BCUT2D eigenvalue weighted by molar-refractivity contribution is 7.20. The molecular weight excluding hydrogens is 320 g/mol. The lowest BCUT2D eigenvalue weighted by molar-refractivity contribution is -0.144. The number of aliphatic carboxylic acids is 1. The Hall–Kier alpha value is -1.73.